The topological polar surface area (TPSA) is 69.6 Å². The molecule has 5 nitrogen and oxygen atoms in total. The number of nitrogens with zero attached hydrogens (tertiary/aromatic N) is 1. The summed E-state index contributed by atoms with van der Waals surface area (Å²) in [6.07, 6.45) is 7.15. The first-order chi connectivity index (χ1) is 9.58. The van der Waals surface area contributed by atoms with Crippen LogP contribution in [0.25, 0.3) is 0 Å². The molecule has 0 heterocycles. The molecule has 1 fully saturated rings. The van der Waals surface area contributed by atoms with Gasteiger partial charge in [-0.2, -0.15) is 0 Å². The molecule has 1 aliphatic carbocycles. The van der Waals surface area contributed by atoms with E-state index in [1.165, 1.54) is 32.1 Å². The van der Waals surface area contributed by atoms with Crippen LogP contribution in [-0.2, 0) is 4.79 Å². The van der Waals surface area contributed by atoms with Crippen LogP contribution in [0.3, 0.4) is 0 Å². The van der Waals surface area contributed by atoms with Crippen LogP contribution in [0.1, 0.15) is 58.8 Å². The number of urea groups is 1. The van der Waals surface area contributed by atoms with E-state index in [2.05, 4.69) is 12.2 Å². The smallest absolute Gasteiger partial charge is 0.317 e. The molecule has 2 amide bonds. The van der Waals surface area contributed by atoms with Crippen molar-refractivity contribution in [2.24, 2.45) is 5.92 Å². The van der Waals surface area contributed by atoms with Gasteiger partial charge in [-0.3, -0.25) is 4.79 Å². The minimum absolute atomic E-state index is 0.00147. The van der Waals surface area contributed by atoms with Gasteiger partial charge in [-0.25, -0.2) is 4.79 Å². The quantitative estimate of drug-likeness (QED) is 0.755. The number of hydrogen-bond donors (Lipinski definition) is 2. The Labute approximate surface area is 121 Å². The molecule has 0 spiro atoms. The fourth-order valence-electron chi connectivity index (χ4n) is 2.97. The van der Waals surface area contributed by atoms with E-state index in [4.69, 9.17) is 5.11 Å². The summed E-state index contributed by atoms with van der Waals surface area (Å²) in [5, 5.41) is 11.8. The van der Waals surface area contributed by atoms with Crippen molar-refractivity contribution in [3.63, 3.8) is 0 Å². The van der Waals surface area contributed by atoms with Crippen molar-refractivity contribution >= 4 is 12.0 Å². The Morgan fingerprint density at radius 1 is 1.25 bits per heavy atom. The third kappa shape index (κ3) is 5.39. The van der Waals surface area contributed by atoms with Gasteiger partial charge in [0, 0.05) is 19.1 Å². The summed E-state index contributed by atoms with van der Waals surface area (Å²) in [5.41, 5.74) is 0. The van der Waals surface area contributed by atoms with Gasteiger partial charge in [0.15, 0.2) is 0 Å². The lowest BCUT2D eigenvalue weighted by molar-refractivity contribution is -0.137. The predicted octanol–water partition coefficient (Wildman–Crippen LogP) is 2.85. The lowest BCUT2D eigenvalue weighted by Gasteiger charge is -2.32. The maximum Gasteiger partial charge on any atom is 0.317 e. The molecule has 1 rings (SSSR count). The van der Waals surface area contributed by atoms with Crippen LogP contribution >= 0.6 is 0 Å². The van der Waals surface area contributed by atoms with Crippen molar-refractivity contribution < 1.29 is 14.7 Å². The molecule has 0 bridgehead atoms. The van der Waals surface area contributed by atoms with Crippen LogP contribution < -0.4 is 5.32 Å². The second-order valence-corrected chi connectivity index (χ2v) is 5.59. The molecule has 0 saturated heterocycles. The number of carboxylic acids is 1. The molecule has 1 unspecified atom stereocenters. The molecule has 116 valence electrons. The molecule has 1 saturated carbocycles. The fourth-order valence-corrected chi connectivity index (χ4v) is 2.97. The number of nitrogens with one attached hydrogen (secondary N) is 1. The molecule has 2 N–H and O–H groups in total. The summed E-state index contributed by atoms with van der Waals surface area (Å²) >= 11 is 0. The van der Waals surface area contributed by atoms with Crippen molar-refractivity contribution in [2.75, 3.05) is 13.1 Å². The SMILES string of the molecule is CCC(NC(=O)N(CC)CCC(=O)O)C1CCCCC1. The van der Waals surface area contributed by atoms with Gasteiger partial charge in [-0.05, 0) is 32.1 Å². The summed E-state index contributed by atoms with van der Waals surface area (Å²) in [6.45, 7) is 4.80. The molecule has 5 heteroatoms. The highest BCUT2D eigenvalue weighted by Crippen LogP contribution is 2.27. The Kier molecular flexibility index (Phi) is 7.41. The number of amides is 2. The zero-order chi connectivity index (χ0) is 15.0. The van der Waals surface area contributed by atoms with Gasteiger partial charge < -0.3 is 15.3 Å². The van der Waals surface area contributed by atoms with Crippen molar-refractivity contribution in [1.29, 1.82) is 0 Å². The number of carbonyl (C=O) groups is 2. The largest absolute Gasteiger partial charge is 0.481 e. The van der Waals surface area contributed by atoms with E-state index in [1.807, 2.05) is 6.92 Å². The van der Waals surface area contributed by atoms with E-state index in [1.54, 1.807) is 4.90 Å². The average molecular weight is 284 g/mol. The molecule has 20 heavy (non-hydrogen) atoms. The summed E-state index contributed by atoms with van der Waals surface area (Å²) < 4.78 is 0. The Bertz CT molecular complexity index is 314. The predicted molar refractivity (Wildman–Crippen MR) is 78.7 cm³/mol. The Hall–Kier alpha value is -1.26. The monoisotopic (exact) mass is 284 g/mol. The Morgan fingerprint density at radius 3 is 2.40 bits per heavy atom. The number of carboxylic acid groups (broad SMARTS) is 1. The molecular weight excluding hydrogens is 256 g/mol. The van der Waals surface area contributed by atoms with Gasteiger partial charge >= 0.3 is 12.0 Å². The highest BCUT2D eigenvalue weighted by atomic mass is 16.4. The van der Waals surface area contributed by atoms with Gasteiger partial charge in [0.05, 0.1) is 6.42 Å². The minimum Gasteiger partial charge on any atom is -0.481 e. The number of aliphatic carboxylic acids is 1. The molecule has 1 aliphatic rings. The maximum absolute atomic E-state index is 12.2. The first-order valence-corrected chi connectivity index (χ1v) is 7.85. The molecule has 0 aromatic carbocycles. The number of carbonyl (C=O) groups excluding carboxylic acids is 1. The Balaban J connectivity index is 2.48. The molecule has 0 radical (unpaired) electrons. The minimum atomic E-state index is -0.865. The van der Waals surface area contributed by atoms with Crippen molar-refractivity contribution in [3.05, 3.63) is 0 Å². The molecule has 0 aliphatic heterocycles. The lowest BCUT2D eigenvalue weighted by Crippen LogP contribution is -2.48. The normalized spacial score (nSPS) is 17.5. The van der Waals surface area contributed by atoms with Gasteiger partial charge in [0.25, 0.3) is 0 Å². The second-order valence-electron chi connectivity index (χ2n) is 5.59. The van der Waals surface area contributed by atoms with Gasteiger partial charge in [0.2, 0.25) is 0 Å². The first kappa shape index (κ1) is 16.8. The van der Waals surface area contributed by atoms with E-state index < -0.39 is 5.97 Å². The van der Waals surface area contributed by atoms with Crippen LogP contribution in [-0.4, -0.2) is 41.1 Å². The van der Waals surface area contributed by atoms with Crippen LogP contribution in [0.5, 0.6) is 0 Å². The van der Waals surface area contributed by atoms with E-state index in [0.717, 1.165) is 6.42 Å². The van der Waals surface area contributed by atoms with Gasteiger partial charge in [0.1, 0.15) is 0 Å². The average Bonchev–Trinajstić information content (AvgIpc) is 2.46. The standard InChI is InChI=1S/C15H28N2O3/c1-3-13(12-8-6-5-7-9-12)16-15(20)17(4-2)11-10-14(18)19/h12-13H,3-11H2,1-2H3,(H,16,20)(H,18,19). The van der Waals surface area contributed by atoms with E-state index in [9.17, 15) is 9.59 Å². The molecular formula is C15H28N2O3. The summed E-state index contributed by atoms with van der Waals surface area (Å²) in [7, 11) is 0. The zero-order valence-electron chi connectivity index (χ0n) is 12.7. The van der Waals surface area contributed by atoms with E-state index in [0.29, 0.717) is 12.5 Å². The highest BCUT2D eigenvalue weighted by Gasteiger charge is 2.25. The summed E-state index contributed by atoms with van der Waals surface area (Å²) in [6, 6.07) is 0.104. The maximum atomic E-state index is 12.2. The number of rotatable bonds is 7. The van der Waals surface area contributed by atoms with Crippen molar-refractivity contribution in [2.45, 2.75) is 64.8 Å². The van der Waals surface area contributed by atoms with Crippen LogP contribution in [0.4, 0.5) is 4.79 Å². The Morgan fingerprint density at radius 2 is 1.90 bits per heavy atom. The highest BCUT2D eigenvalue weighted by molar-refractivity contribution is 5.75. The second kappa shape index (κ2) is 8.82. The van der Waals surface area contributed by atoms with Gasteiger partial charge in [-0.15, -0.1) is 0 Å². The van der Waals surface area contributed by atoms with Gasteiger partial charge in [-0.1, -0.05) is 26.2 Å². The third-order valence-electron chi connectivity index (χ3n) is 4.23. The van der Waals surface area contributed by atoms with Crippen molar-refractivity contribution in [3.8, 4) is 0 Å². The molecule has 0 aromatic rings. The van der Waals surface area contributed by atoms with E-state index >= 15 is 0 Å². The summed E-state index contributed by atoms with van der Waals surface area (Å²) in [4.78, 5) is 24.4. The molecule has 1 atom stereocenters. The number of hydrogen-bond acceptors (Lipinski definition) is 2. The van der Waals surface area contributed by atoms with Crippen LogP contribution in [0, 0.1) is 5.92 Å². The first-order valence-electron chi connectivity index (χ1n) is 7.85. The summed E-state index contributed by atoms with van der Waals surface area (Å²) in [5.74, 6) is -0.286. The lowest BCUT2D eigenvalue weighted by atomic mass is 9.83. The zero-order valence-corrected chi connectivity index (χ0v) is 12.7. The fraction of sp³-hybridized carbons (Fsp3) is 0.867. The van der Waals surface area contributed by atoms with Crippen LogP contribution in [0.15, 0.2) is 0 Å². The molecule has 0 aromatic heterocycles. The van der Waals surface area contributed by atoms with E-state index in [-0.39, 0.29) is 25.0 Å². The van der Waals surface area contributed by atoms with Crippen LogP contribution in [0.2, 0.25) is 0 Å². The third-order valence-corrected chi connectivity index (χ3v) is 4.23. The van der Waals surface area contributed by atoms with Crippen molar-refractivity contribution in [1.82, 2.24) is 10.2 Å².